The van der Waals surface area contributed by atoms with Crippen LogP contribution < -0.4 is 21.3 Å². The lowest BCUT2D eigenvalue weighted by molar-refractivity contribution is -0.139. The number of likely N-dealkylation sites (tertiary alicyclic amines) is 1. The molecule has 3 atom stereocenters. The van der Waals surface area contributed by atoms with E-state index >= 15 is 0 Å². The van der Waals surface area contributed by atoms with Crippen molar-refractivity contribution in [2.75, 3.05) is 46.0 Å². The van der Waals surface area contributed by atoms with E-state index in [1.54, 1.807) is 27.1 Å². The van der Waals surface area contributed by atoms with Gasteiger partial charge in [-0.15, -0.1) is 11.8 Å². The number of para-hydroxylation sites is 1. The Balaban J connectivity index is 1.47. The molecule has 15 nitrogen and oxygen atoms in total. The number of nitrogens with zero attached hydrogens (tertiary/aromatic N) is 3. The molecule has 56 heavy (non-hydrogen) atoms. The maximum Gasteiger partial charge on any atom is 0.304 e. The predicted molar refractivity (Wildman–Crippen MR) is 217 cm³/mol. The normalized spacial score (nSPS) is 16.1. The first-order chi connectivity index (χ1) is 26.2. The SMILES string of the molecule is CN[C@H](C(=O)NC(C(=O)N(C)C/C=C(\C)C(=O)NCCCC(=O)NCCN1C(=O)CC(SCCC(=O)O)C1=O)C(C)(C)C)C(C)(C)c1cn(C)c2ccccc12. The molecule has 1 fully saturated rings. The standard InChI is InChI=1S/C40H59N7O8S/c1-25(35(52)43-18-12-15-30(48)42-19-21-47-31(49)23-29(37(47)54)56-22-17-32(50)51)16-20-45(8)38(55)34(39(2,3)4)44-36(53)33(41-7)40(5,6)27-24-46(9)28-14-11-10-13-26(27)28/h10-11,13-14,16,24,29,33-34,41H,12,15,17-23H2,1-9H3,(H,42,48)(H,43,52)(H,44,53)(H,50,51)/b25-16+/t29?,33-,34?/m1/s1. The molecule has 0 spiro atoms. The van der Waals surface area contributed by atoms with Crippen LogP contribution in [0, 0.1) is 5.41 Å². The molecule has 308 valence electrons. The maximum atomic E-state index is 13.9. The van der Waals surface area contributed by atoms with Gasteiger partial charge in [0.1, 0.15) is 6.04 Å². The highest BCUT2D eigenvalue weighted by atomic mass is 32.2. The van der Waals surface area contributed by atoms with Crippen LogP contribution in [0.3, 0.4) is 0 Å². The molecule has 1 aliphatic heterocycles. The number of aromatic nitrogens is 1. The number of likely N-dealkylation sites (N-methyl/N-ethyl adjacent to an activating group) is 2. The number of nitrogens with one attached hydrogen (secondary N) is 4. The molecule has 0 radical (unpaired) electrons. The average molecular weight is 798 g/mol. The molecule has 0 saturated carbocycles. The predicted octanol–water partition coefficient (Wildman–Crippen LogP) is 2.33. The fourth-order valence-corrected chi connectivity index (χ4v) is 7.78. The van der Waals surface area contributed by atoms with Crippen molar-refractivity contribution >= 4 is 64.1 Å². The number of rotatable bonds is 20. The third-order valence-corrected chi connectivity index (χ3v) is 11.2. The first-order valence-corrected chi connectivity index (χ1v) is 19.9. The van der Waals surface area contributed by atoms with Crippen molar-refractivity contribution in [2.45, 2.75) is 90.0 Å². The number of imide groups is 1. The summed E-state index contributed by atoms with van der Waals surface area (Å²) in [6.45, 7) is 11.8. The molecule has 2 aromatic rings. The molecule has 2 heterocycles. The van der Waals surface area contributed by atoms with E-state index in [1.807, 2.05) is 76.7 Å². The Morgan fingerprint density at radius 3 is 2.34 bits per heavy atom. The number of aliphatic carboxylic acids is 1. The summed E-state index contributed by atoms with van der Waals surface area (Å²) in [5.74, 6) is -2.71. The molecule has 1 aromatic carbocycles. The molecule has 2 unspecified atom stereocenters. The number of benzene rings is 1. The van der Waals surface area contributed by atoms with E-state index in [0.717, 1.165) is 33.1 Å². The smallest absolute Gasteiger partial charge is 0.304 e. The van der Waals surface area contributed by atoms with Gasteiger partial charge in [-0.1, -0.05) is 58.9 Å². The van der Waals surface area contributed by atoms with Crippen molar-refractivity contribution in [1.29, 1.82) is 0 Å². The van der Waals surface area contributed by atoms with Crippen molar-refractivity contribution in [3.8, 4) is 0 Å². The number of hydrogen-bond acceptors (Lipinski definition) is 9. The summed E-state index contributed by atoms with van der Waals surface area (Å²) >= 11 is 1.14. The van der Waals surface area contributed by atoms with Gasteiger partial charge < -0.3 is 35.8 Å². The van der Waals surface area contributed by atoms with Crippen LogP contribution >= 0.6 is 11.8 Å². The van der Waals surface area contributed by atoms with Crippen molar-refractivity contribution in [1.82, 2.24) is 35.6 Å². The first-order valence-electron chi connectivity index (χ1n) is 18.9. The molecule has 5 N–H and O–H groups in total. The lowest BCUT2D eigenvalue weighted by atomic mass is 9.76. The summed E-state index contributed by atoms with van der Waals surface area (Å²) < 4.78 is 2.04. The molecule has 1 aliphatic rings. The minimum absolute atomic E-state index is 0.0105. The van der Waals surface area contributed by atoms with Crippen molar-refractivity contribution in [3.05, 3.63) is 47.7 Å². The van der Waals surface area contributed by atoms with Gasteiger partial charge in [0.2, 0.25) is 35.4 Å². The van der Waals surface area contributed by atoms with E-state index in [0.29, 0.717) is 12.0 Å². The number of carboxylic acid groups (broad SMARTS) is 1. The second-order valence-electron chi connectivity index (χ2n) is 15.8. The maximum absolute atomic E-state index is 13.9. The van der Waals surface area contributed by atoms with Crippen LogP contribution in [-0.2, 0) is 46.0 Å². The molecular weight excluding hydrogens is 739 g/mol. The molecule has 1 saturated heterocycles. The second kappa shape index (κ2) is 19.9. The Kier molecular flexibility index (Phi) is 16.3. The van der Waals surface area contributed by atoms with Gasteiger partial charge in [0.05, 0.1) is 17.7 Å². The molecule has 1 aromatic heterocycles. The molecule has 0 bridgehead atoms. The zero-order valence-electron chi connectivity index (χ0n) is 34.1. The van der Waals surface area contributed by atoms with Gasteiger partial charge in [-0.2, -0.15) is 0 Å². The van der Waals surface area contributed by atoms with E-state index < -0.39 is 34.1 Å². The van der Waals surface area contributed by atoms with Crippen molar-refractivity contribution in [3.63, 3.8) is 0 Å². The van der Waals surface area contributed by atoms with Gasteiger partial charge in [0.25, 0.3) is 0 Å². The highest BCUT2D eigenvalue weighted by Gasteiger charge is 2.42. The fraction of sp³-hybridized carbons (Fsp3) is 0.575. The average Bonchev–Trinajstić information content (AvgIpc) is 3.61. The number of carboxylic acids is 1. The lowest BCUT2D eigenvalue weighted by Gasteiger charge is -2.38. The minimum Gasteiger partial charge on any atom is -0.481 e. The highest BCUT2D eigenvalue weighted by molar-refractivity contribution is 8.00. The van der Waals surface area contributed by atoms with Gasteiger partial charge in [0.15, 0.2) is 0 Å². The fourth-order valence-electron chi connectivity index (χ4n) is 6.67. The number of hydrogen-bond donors (Lipinski definition) is 5. The third-order valence-electron chi connectivity index (χ3n) is 10.0. The van der Waals surface area contributed by atoms with E-state index in [2.05, 4.69) is 21.3 Å². The van der Waals surface area contributed by atoms with Crippen LogP contribution in [0.2, 0.25) is 0 Å². The largest absolute Gasteiger partial charge is 0.481 e. The van der Waals surface area contributed by atoms with Crippen LogP contribution in [0.5, 0.6) is 0 Å². The first kappa shape index (κ1) is 45.7. The van der Waals surface area contributed by atoms with Gasteiger partial charge in [0, 0.05) is 87.0 Å². The van der Waals surface area contributed by atoms with E-state index in [-0.39, 0.29) is 86.6 Å². The Bertz CT molecular complexity index is 1810. The number of carbonyl (C=O) groups excluding carboxylic acids is 6. The van der Waals surface area contributed by atoms with Crippen LogP contribution in [0.25, 0.3) is 10.9 Å². The lowest BCUT2D eigenvalue weighted by Crippen LogP contribution is -2.60. The van der Waals surface area contributed by atoms with Crippen molar-refractivity contribution < 1.29 is 38.7 Å². The summed E-state index contributed by atoms with van der Waals surface area (Å²) in [6, 6.07) is 6.53. The topological polar surface area (TPSA) is 199 Å². The molecule has 3 rings (SSSR count). The van der Waals surface area contributed by atoms with Crippen LogP contribution in [0.4, 0.5) is 0 Å². The summed E-state index contributed by atoms with van der Waals surface area (Å²) in [6.07, 6.45) is 4.06. The summed E-state index contributed by atoms with van der Waals surface area (Å²) in [5.41, 5.74) is 1.19. The number of amides is 6. The molecule has 6 amide bonds. The van der Waals surface area contributed by atoms with Gasteiger partial charge in [-0.25, -0.2) is 0 Å². The zero-order valence-corrected chi connectivity index (χ0v) is 34.9. The monoisotopic (exact) mass is 797 g/mol. The van der Waals surface area contributed by atoms with E-state index in [1.165, 1.54) is 4.90 Å². The van der Waals surface area contributed by atoms with Crippen molar-refractivity contribution in [2.24, 2.45) is 12.5 Å². The molecule has 0 aliphatic carbocycles. The molecular formula is C40H59N7O8S. The minimum atomic E-state index is -0.970. The number of aryl methyl sites for hydroxylation is 1. The molecule has 16 heteroatoms. The Morgan fingerprint density at radius 1 is 1.02 bits per heavy atom. The van der Waals surface area contributed by atoms with E-state index in [4.69, 9.17) is 5.11 Å². The number of carbonyl (C=O) groups is 7. The third kappa shape index (κ3) is 11.9. The summed E-state index contributed by atoms with van der Waals surface area (Å²) in [5, 5.41) is 20.9. The van der Waals surface area contributed by atoms with Crippen LogP contribution in [-0.4, -0.2) is 124 Å². The van der Waals surface area contributed by atoms with Crippen LogP contribution in [0.1, 0.15) is 72.8 Å². The Hall–Kier alpha value is -4.70. The van der Waals surface area contributed by atoms with Gasteiger partial charge in [-0.3, -0.25) is 38.5 Å². The highest BCUT2D eigenvalue weighted by Crippen LogP contribution is 2.35. The van der Waals surface area contributed by atoms with Gasteiger partial charge >= 0.3 is 5.97 Å². The Morgan fingerprint density at radius 2 is 1.70 bits per heavy atom. The van der Waals surface area contributed by atoms with E-state index in [9.17, 15) is 33.6 Å². The quantitative estimate of drug-likeness (QED) is 0.0753. The van der Waals surface area contributed by atoms with Crippen LogP contribution in [0.15, 0.2) is 42.1 Å². The Labute approximate surface area is 333 Å². The zero-order chi connectivity index (χ0) is 42.0. The number of thioether (sulfide) groups is 1. The second-order valence-corrected chi connectivity index (χ2v) is 17.1. The number of fused-ring (bicyclic) bond motifs is 1. The van der Waals surface area contributed by atoms with Gasteiger partial charge in [-0.05, 0) is 37.4 Å². The summed E-state index contributed by atoms with van der Waals surface area (Å²) in [4.78, 5) is 90.9. The summed E-state index contributed by atoms with van der Waals surface area (Å²) in [7, 11) is 5.34.